The number of aromatic nitrogens is 1. The van der Waals surface area contributed by atoms with Crippen LogP contribution >= 0.6 is 0 Å². The van der Waals surface area contributed by atoms with Gasteiger partial charge in [0.1, 0.15) is 11.1 Å². The summed E-state index contributed by atoms with van der Waals surface area (Å²) in [6, 6.07) is 0.0172. The molecule has 122 valence electrons. The molecule has 4 heterocycles. The van der Waals surface area contributed by atoms with E-state index in [4.69, 9.17) is 5.73 Å². The lowest BCUT2D eigenvalue weighted by Crippen LogP contribution is -2.54. The number of primary amides is 1. The first-order valence-electron chi connectivity index (χ1n) is 8.12. The van der Waals surface area contributed by atoms with Crippen LogP contribution in [0.3, 0.4) is 0 Å². The Kier molecular flexibility index (Phi) is 3.09. The first-order chi connectivity index (χ1) is 11.0. The van der Waals surface area contributed by atoms with Crippen LogP contribution in [0.25, 0.3) is 0 Å². The van der Waals surface area contributed by atoms with Crippen molar-refractivity contribution in [3.63, 3.8) is 0 Å². The highest BCUT2D eigenvalue weighted by Gasteiger charge is 2.57. The van der Waals surface area contributed by atoms with Crippen molar-refractivity contribution >= 4 is 11.8 Å². The summed E-state index contributed by atoms with van der Waals surface area (Å²) in [4.78, 5) is 42.4. The summed E-state index contributed by atoms with van der Waals surface area (Å²) in [7, 11) is 0. The van der Waals surface area contributed by atoms with E-state index >= 15 is 0 Å². The maximum absolute atomic E-state index is 13.0. The lowest BCUT2D eigenvalue weighted by Gasteiger charge is -2.32. The van der Waals surface area contributed by atoms with Crippen molar-refractivity contribution in [2.75, 3.05) is 6.54 Å². The van der Waals surface area contributed by atoms with Crippen LogP contribution in [0.5, 0.6) is 0 Å². The van der Waals surface area contributed by atoms with Crippen LogP contribution in [0.4, 0.5) is 0 Å². The fraction of sp³-hybridized carbons (Fsp3) is 0.562. The minimum absolute atomic E-state index is 0.0172. The Morgan fingerprint density at radius 2 is 2.04 bits per heavy atom. The molecule has 0 aromatic carbocycles. The second-order valence-electron chi connectivity index (χ2n) is 6.72. The van der Waals surface area contributed by atoms with Gasteiger partial charge >= 0.3 is 0 Å². The molecule has 2 fully saturated rings. The molecule has 0 spiro atoms. The smallest absolute Gasteiger partial charge is 0.260 e. The lowest BCUT2D eigenvalue weighted by atomic mass is 9.87. The Labute approximate surface area is 133 Å². The van der Waals surface area contributed by atoms with Crippen molar-refractivity contribution in [3.8, 4) is 0 Å². The van der Waals surface area contributed by atoms with Crippen LogP contribution in [-0.4, -0.2) is 39.8 Å². The lowest BCUT2D eigenvalue weighted by molar-refractivity contribution is -0.126. The molecule has 4 N–H and O–H groups in total. The second kappa shape index (κ2) is 4.92. The predicted octanol–water partition coefficient (Wildman–Crippen LogP) is -0.357. The molecule has 7 heteroatoms. The number of hydrogen-bond acceptors (Lipinski definition) is 4. The number of nitrogens with two attached hydrogens (primary N) is 1. The van der Waals surface area contributed by atoms with E-state index in [1.54, 1.807) is 4.90 Å². The van der Waals surface area contributed by atoms with E-state index in [1.165, 1.54) is 6.20 Å². The molecule has 0 saturated carbocycles. The van der Waals surface area contributed by atoms with Gasteiger partial charge < -0.3 is 20.9 Å². The third-order valence-electron chi connectivity index (χ3n) is 5.64. The number of H-pyrrole nitrogens is 1. The third-order valence-corrected chi connectivity index (χ3v) is 5.64. The summed E-state index contributed by atoms with van der Waals surface area (Å²) < 4.78 is 0. The normalized spacial score (nSPS) is 28.7. The van der Waals surface area contributed by atoms with Crippen LogP contribution in [0.15, 0.2) is 11.0 Å². The number of carbonyl (C=O) groups excluding carboxylic acids is 2. The highest BCUT2D eigenvalue weighted by Crippen LogP contribution is 2.46. The van der Waals surface area contributed by atoms with Gasteiger partial charge in [-0.15, -0.1) is 0 Å². The fourth-order valence-corrected chi connectivity index (χ4v) is 4.39. The van der Waals surface area contributed by atoms with Gasteiger partial charge in [0.25, 0.3) is 5.91 Å². The standard InChI is InChI=1S/C16H20N4O3/c17-15(23)16-4-1-9(2-5-16)20(16)14(22)11-8-19-12-3-6-18-7-10(12)13(11)21/h8-9,18H,1-7H2,(H2,17,23)(H,19,21). The molecule has 0 radical (unpaired) electrons. The zero-order valence-electron chi connectivity index (χ0n) is 12.9. The van der Waals surface area contributed by atoms with Crippen molar-refractivity contribution < 1.29 is 9.59 Å². The van der Waals surface area contributed by atoms with Crippen molar-refractivity contribution in [2.24, 2.45) is 5.73 Å². The van der Waals surface area contributed by atoms with Crippen LogP contribution in [0.2, 0.25) is 0 Å². The van der Waals surface area contributed by atoms with Crippen LogP contribution < -0.4 is 16.5 Å². The van der Waals surface area contributed by atoms with E-state index in [0.717, 1.165) is 31.5 Å². The van der Waals surface area contributed by atoms with E-state index in [-0.39, 0.29) is 22.9 Å². The van der Waals surface area contributed by atoms with E-state index in [9.17, 15) is 14.4 Å². The molecule has 7 nitrogen and oxygen atoms in total. The van der Waals surface area contributed by atoms with Crippen molar-refractivity contribution in [1.82, 2.24) is 15.2 Å². The van der Waals surface area contributed by atoms with E-state index in [1.807, 2.05) is 0 Å². The predicted molar refractivity (Wildman–Crippen MR) is 82.8 cm³/mol. The van der Waals surface area contributed by atoms with Gasteiger partial charge in [0.05, 0.1) is 0 Å². The highest BCUT2D eigenvalue weighted by molar-refractivity contribution is 6.00. The van der Waals surface area contributed by atoms with Crippen LogP contribution in [0.1, 0.15) is 47.3 Å². The number of amides is 2. The Balaban J connectivity index is 1.76. The molecule has 0 aliphatic carbocycles. The average Bonchev–Trinajstić information content (AvgIpc) is 3.12. The van der Waals surface area contributed by atoms with E-state index in [0.29, 0.717) is 24.9 Å². The molecule has 23 heavy (non-hydrogen) atoms. The molecule has 2 bridgehead atoms. The Bertz CT molecular complexity index is 746. The number of fused-ring (bicyclic) bond motifs is 3. The summed E-state index contributed by atoms with van der Waals surface area (Å²) in [5, 5.41) is 3.15. The molecule has 0 unspecified atom stereocenters. The zero-order valence-corrected chi connectivity index (χ0v) is 12.9. The van der Waals surface area contributed by atoms with Gasteiger partial charge in [-0.2, -0.15) is 0 Å². The van der Waals surface area contributed by atoms with Gasteiger partial charge in [-0.3, -0.25) is 14.4 Å². The SMILES string of the molecule is NC(=O)C12CCC(CC1)N2C(=O)c1c[nH]c2c(c1=O)CNCC2. The molecule has 3 aliphatic heterocycles. The Morgan fingerprint density at radius 1 is 1.30 bits per heavy atom. The van der Waals surface area contributed by atoms with Gasteiger partial charge in [-0.1, -0.05) is 0 Å². The minimum atomic E-state index is -0.900. The largest absolute Gasteiger partial charge is 0.368 e. The number of rotatable bonds is 2. The van der Waals surface area contributed by atoms with Gasteiger partial charge in [0.15, 0.2) is 5.43 Å². The molecule has 1 aromatic heterocycles. The maximum atomic E-state index is 13.0. The average molecular weight is 316 g/mol. The molecular weight excluding hydrogens is 296 g/mol. The topological polar surface area (TPSA) is 108 Å². The highest BCUT2D eigenvalue weighted by atomic mass is 16.2. The molecular formula is C16H20N4O3. The number of nitrogens with one attached hydrogen (secondary N) is 2. The molecule has 3 aliphatic rings. The monoisotopic (exact) mass is 316 g/mol. The molecule has 0 atom stereocenters. The van der Waals surface area contributed by atoms with Crippen LogP contribution in [-0.2, 0) is 17.8 Å². The Hall–Kier alpha value is -2.15. The number of nitrogens with zero attached hydrogens (tertiary/aromatic N) is 1. The minimum Gasteiger partial charge on any atom is -0.368 e. The van der Waals surface area contributed by atoms with Crippen molar-refractivity contribution in [3.05, 3.63) is 33.2 Å². The molecule has 1 aromatic rings. The number of pyridine rings is 1. The molecule has 4 rings (SSSR count). The summed E-state index contributed by atoms with van der Waals surface area (Å²) in [5.74, 6) is -0.819. The summed E-state index contributed by atoms with van der Waals surface area (Å²) in [6.45, 7) is 1.28. The number of carbonyl (C=O) groups is 2. The molecule has 2 saturated heterocycles. The fourth-order valence-electron chi connectivity index (χ4n) is 4.39. The maximum Gasteiger partial charge on any atom is 0.260 e. The van der Waals surface area contributed by atoms with Gasteiger partial charge in [0.2, 0.25) is 5.91 Å². The third kappa shape index (κ3) is 1.89. The van der Waals surface area contributed by atoms with Crippen molar-refractivity contribution in [2.45, 2.75) is 50.2 Å². The summed E-state index contributed by atoms with van der Waals surface area (Å²) in [5.41, 5.74) is 6.09. The van der Waals surface area contributed by atoms with E-state index < -0.39 is 11.4 Å². The first kappa shape index (κ1) is 14.4. The van der Waals surface area contributed by atoms with Gasteiger partial charge in [-0.05, 0) is 25.7 Å². The first-order valence-corrected chi connectivity index (χ1v) is 8.12. The summed E-state index contributed by atoms with van der Waals surface area (Å²) >= 11 is 0. The number of hydrogen-bond donors (Lipinski definition) is 3. The second-order valence-corrected chi connectivity index (χ2v) is 6.72. The van der Waals surface area contributed by atoms with E-state index in [2.05, 4.69) is 10.3 Å². The quantitative estimate of drug-likeness (QED) is 0.692. The van der Waals surface area contributed by atoms with Crippen LogP contribution in [0, 0.1) is 0 Å². The Morgan fingerprint density at radius 3 is 2.74 bits per heavy atom. The van der Waals surface area contributed by atoms with Gasteiger partial charge in [0, 0.05) is 43.0 Å². The summed E-state index contributed by atoms with van der Waals surface area (Å²) in [6.07, 6.45) is 5.00. The van der Waals surface area contributed by atoms with Gasteiger partial charge in [-0.25, -0.2) is 0 Å². The van der Waals surface area contributed by atoms with Crippen molar-refractivity contribution in [1.29, 1.82) is 0 Å². The molecule has 2 amide bonds. The number of aromatic amines is 1. The zero-order chi connectivity index (χ0) is 16.2.